The van der Waals surface area contributed by atoms with Gasteiger partial charge in [-0.1, -0.05) is 42.2 Å². The molecule has 0 unspecified atom stereocenters. The second-order valence-corrected chi connectivity index (χ2v) is 9.67. The molecule has 2 heterocycles. The lowest BCUT2D eigenvalue weighted by Crippen LogP contribution is -2.48. The van der Waals surface area contributed by atoms with E-state index >= 15 is 0 Å². The van der Waals surface area contributed by atoms with Crippen LogP contribution in [-0.4, -0.2) is 58.1 Å². The van der Waals surface area contributed by atoms with Gasteiger partial charge in [0, 0.05) is 67.2 Å². The van der Waals surface area contributed by atoms with Crippen LogP contribution in [0, 0.1) is 11.8 Å². The molecule has 1 aliphatic rings. The number of fused-ring (bicyclic) bond motifs is 1. The summed E-state index contributed by atoms with van der Waals surface area (Å²) < 4.78 is 0. The fourth-order valence-corrected chi connectivity index (χ4v) is 4.88. The van der Waals surface area contributed by atoms with Crippen LogP contribution in [-0.2, 0) is 6.54 Å². The van der Waals surface area contributed by atoms with Crippen molar-refractivity contribution in [1.82, 2.24) is 14.8 Å². The van der Waals surface area contributed by atoms with Gasteiger partial charge in [-0.2, -0.15) is 0 Å². The largest absolute Gasteiger partial charge is 0.478 e. The Balaban J connectivity index is 1.37. The molecular weight excluding hydrogens is 446 g/mol. The third-order valence-corrected chi connectivity index (χ3v) is 6.98. The lowest BCUT2D eigenvalue weighted by atomic mass is 9.93. The molecule has 0 amide bonds. The molecule has 3 aromatic carbocycles. The van der Waals surface area contributed by atoms with E-state index in [1.54, 1.807) is 12.1 Å². The summed E-state index contributed by atoms with van der Waals surface area (Å²) in [6.07, 6.45) is 1.88. The van der Waals surface area contributed by atoms with Crippen molar-refractivity contribution in [2.75, 3.05) is 26.2 Å². The van der Waals surface area contributed by atoms with E-state index < -0.39 is 5.97 Å². The van der Waals surface area contributed by atoms with Crippen LogP contribution in [0.2, 0.25) is 0 Å². The van der Waals surface area contributed by atoms with Gasteiger partial charge < -0.3 is 10.1 Å². The van der Waals surface area contributed by atoms with Crippen molar-refractivity contribution < 1.29 is 9.90 Å². The van der Waals surface area contributed by atoms with E-state index in [-0.39, 0.29) is 5.56 Å². The minimum absolute atomic E-state index is 0.251. The Hall–Kier alpha value is -3.85. The van der Waals surface area contributed by atoms with Gasteiger partial charge in [0.2, 0.25) is 0 Å². The molecule has 1 aliphatic heterocycles. The van der Waals surface area contributed by atoms with Crippen LogP contribution >= 0.6 is 0 Å². The molecule has 4 aromatic rings. The second kappa shape index (κ2) is 10.4. The molecule has 0 atom stereocenters. The number of aromatic amines is 1. The number of carboxylic acid groups (broad SMARTS) is 1. The van der Waals surface area contributed by atoms with Gasteiger partial charge in [0.25, 0.3) is 0 Å². The first-order chi connectivity index (χ1) is 17.5. The van der Waals surface area contributed by atoms with Crippen LogP contribution in [0.3, 0.4) is 0 Å². The molecule has 0 radical (unpaired) electrons. The summed E-state index contributed by atoms with van der Waals surface area (Å²) in [5.74, 6) is 5.53. The number of aromatic nitrogens is 1. The SMILES string of the molecule is CC(C)N1CCN(Cc2ccc(C#Cc3cccc(C(=O)O)c3-c3ccc4cc[nH]c4c3)cc2)CC1. The van der Waals surface area contributed by atoms with Crippen LogP contribution in [0.15, 0.2) is 72.9 Å². The van der Waals surface area contributed by atoms with Crippen molar-refractivity contribution in [1.29, 1.82) is 0 Å². The first-order valence-electron chi connectivity index (χ1n) is 12.5. The number of benzene rings is 3. The molecule has 182 valence electrons. The van der Waals surface area contributed by atoms with Gasteiger partial charge in [0.15, 0.2) is 0 Å². The van der Waals surface area contributed by atoms with E-state index in [4.69, 9.17) is 0 Å². The molecule has 0 spiro atoms. The zero-order valence-electron chi connectivity index (χ0n) is 20.8. The number of nitrogens with one attached hydrogen (secondary N) is 1. The zero-order valence-corrected chi connectivity index (χ0v) is 20.8. The first-order valence-corrected chi connectivity index (χ1v) is 12.5. The highest BCUT2D eigenvalue weighted by Gasteiger charge is 2.19. The number of aromatic carboxylic acids is 1. The Morgan fingerprint density at radius 2 is 1.75 bits per heavy atom. The Labute approximate surface area is 212 Å². The number of carboxylic acids is 1. The predicted octanol–water partition coefficient (Wildman–Crippen LogP) is 5.46. The fraction of sp³-hybridized carbons (Fsp3) is 0.258. The molecule has 0 aliphatic carbocycles. The van der Waals surface area contributed by atoms with E-state index in [1.165, 1.54) is 5.56 Å². The monoisotopic (exact) mass is 477 g/mol. The van der Waals surface area contributed by atoms with Crippen LogP contribution < -0.4 is 0 Å². The van der Waals surface area contributed by atoms with E-state index in [1.807, 2.05) is 36.5 Å². The maximum atomic E-state index is 12.0. The molecule has 2 N–H and O–H groups in total. The molecule has 1 fully saturated rings. The lowest BCUT2D eigenvalue weighted by molar-refractivity contribution is 0.0697. The normalized spacial score (nSPS) is 14.6. The number of hydrogen-bond donors (Lipinski definition) is 2. The summed E-state index contributed by atoms with van der Waals surface area (Å²) in [6.45, 7) is 9.90. The Morgan fingerprint density at radius 1 is 0.972 bits per heavy atom. The zero-order chi connectivity index (χ0) is 25.1. The van der Waals surface area contributed by atoms with Gasteiger partial charge in [0.1, 0.15) is 0 Å². The number of H-pyrrole nitrogens is 1. The summed E-state index contributed by atoms with van der Waals surface area (Å²) in [5, 5.41) is 10.9. The summed E-state index contributed by atoms with van der Waals surface area (Å²) in [7, 11) is 0. The quantitative estimate of drug-likeness (QED) is 0.375. The van der Waals surface area contributed by atoms with Crippen LogP contribution in [0.5, 0.6) is 0 Å². The lowest BCUT2D eigenvalue weighted by Gasteiger charge is -2.36. The highest BCUT2D eigenvalue weighted by atomic mass is 16.4. The molecular formula is C31H31N3O2. The van der Waals surface area contributed by atoms with Crippen molar-refractivity contribution in [2.45, 2.75) is 26.4 Å². The number of piperazine rings is 1. The molecule has 1 aromatic heterocycles. The van der Waals surface area contributed by atoms with Crippen LogP contribution in [0.4, 0.5) is 0 Å². The molecule has 0 bridgehead atoms. The van der Waals surface area contributed by atoms with Gasteiger partial charge in [-0.25, -0.2) is 4.79 Å². The molecule has 5 heteroatoms. The third kappa shape index (κ3) is 5.21. The molecule has 36 heavy (non-hydrogen) atoms. The predicted molar refractivity (Wildman–Crippen MR) is 145 cm³/mol. The van der Waals surface area contributed by atoms with Crippen molar-refractivity contribution >= 4 is 16.9 Å². The minimum atomic E-state index is -0.959. The summed E-state index contributed by atoms with van der Waals surface area (Å²) in [5.41, 5.74) is 5.59. The molecule has 0 saturated carbocycles. The number of nitrogens with zero attached hydrogens (tertiary/aromatic N) is 2. The van der Waals surface area contributed by atoms with E-state index in [2.05, 4.69) is 64.7 Å². The topological polar surface area (TPSA) is 59.6 Å². The minimum Gasteiger partial charge on any atom is -0.478 e. The van der Waals surface area contributed by atoms with E-state index in [0.29, 0.717) is 17.2 Å². The maximum Gasteiger partial charge on any atom is 0.336 e. The molecule has 5 nitrogen and oxygen atoms in total. The average molecular weight is 478 g/mol. The number of hydrogen-bond acceptors (Lipinski definition) is 3. The third-order valence-electron chi connectivity index (χ3n) is 6.98. The highest BCUT2D eigenvalue weighted by Crippen LogP contribution is 2.30. The summed E-state index contributed by atoms with van der Waals surface area (Å²) >= 11 is 0. The van der Waals surface area contributed by atoms with Crippen LogP contribution in [0.25, 0.3) is 22.0 Å². The van der Waals surface area contributed by atoms with E-state index in [9.17, 15) is 9.90 Å². The van der Waals surface area contributed by atoms with Gasteiger partial charge in [0.05, 0.1) is 5.56 Å². The standard InChI is InChI=1S/C31H31N3O2/c1-22(2)34-18-16-33(17-19-34)21-24-8-6-23(7-9-24)10-11-26-4-3-5-28(31(35)36)30(26)27-13-12-25-14-15-32-29(25)20-27/h3-9,12-15,20,22,32H,16-19,21H2,1-2H3,(H,35,36). The number of rotatable bonds is 5. The maximum absolute atomic E-state index is 12.0. The first kappa shape index (κ1) is 23.9. The highest BCUT2D eigenvalue weighted by molar-refractivity contribution is 5.99. The molecule has 1 saturated heterocycles. The Bertz CT molecular complexity index is 1430. The van der Waals surface area contributed by atoms with Gasteiger partial charge in [-0.15, -0.1) is 0 Å². The fourth-order valence-electron chi connectivity index (χ4n) is 4.88. The van der Waals surface area contributed by atoms with Crippen molar-refractivity contribution in [3.8, 4) is 23.0 Å². The van der Waals surface area contributed by atoms with Gasteiger partial charge in [-0.3, -0.25) is 9.80 Å². The van der Waals surface area contributed by atoms with Crippen molar-refractivity contribution in [3.63, 3.8) is 0 Å². The average Bonchev–Trinajstić information content (AvgIpc) is 3.36. The second-order valence-electron chi connectivity index (χ2n) is 9.67. The van der Waals surface area contributed by atoms with Gasteiger partial charge >= 0.3 is 5.97 Å². The summed E-state index contributed by atoms with van der Waals surface area (Å²) in [4.78, 5) is 20.3. The Morgan fingerprint density at radius 3 is 2.47 bits per heavy atom. The van der Waals surface area contributed by atoms with Gasteiger partial charge in [-0.05, 0) is 66.8 Å². The number of carbonyl (C=O) groups is 1. The summed E-state index contributed by atoms with van der Waals surface area (Å²) in [6, 6.07) is 22.2. The van der Waals surface area contributed by atoms with Crippen molar-refractivity contribution in [2.24, 2.45) is 0 Å². The van der Waals surface area contributed by atoms with Crippen molar-refractivity contribution in [3.05, 3.63) is 95.2 Å². The van der Waals surface area contributed by atoms with E-state index in [0.717, 1.165) is 54.8 Å². The Kier molecular flexibility index (Phi) is 6.90. The molecule has 5 rings (SSSR count). The van der Waals surface area contributed by atoms with Crippen LogP contribution in [0.1, 0.15) is 40.9 Å². The smallest absolute Gasteiger partial charge is 0.336 e.